The normalized spacial score (nSPS) is 30.8. The van der Waals surface area contributed by atoms with E-state index in [9.17, 15) is 0 Å². The monoisotopic (exact) mass is 277 g/mol. The highest BCUT2D eigenvalue weighted by atomic mass is 14.2. The van der Waals surface area contributed by atoms with Crippen molar-refractivity contribution < 1.29 is 0 Å². The highest BCUT2D eigenvalue weighted by molar-refractivity contribution is 4.85. The van der Waals surface area contributed by atoms with E-state index in [1.54, 1.807) is 0 Å². The first-order chi connectivity index (χ1) is 9.68. The zero-order chi connectivity index (χ0) is 14.6. The second-order valence-corrected chi connectivity index (χ2v) is 7.15. The molecule has 0 heteroatoms. The summed E-state index contributed by atoms with van der Waals surface area (Å²) in [7, 11) is 0. The van der Waals surface area contributed by atoms with E-state index in [2.05, 4.69) is 40.0 Å². The molecule has 0 N–H and O–H groups in total. The van der Waals surface area contributed by atoms with Crippen LogP contribution < -0.4 is 0 Å². The first-order valence-corrected chi connectivity index (χ1v) is 9.18. The number of hydrogen-bond donors (Lipinski definition) is 0. The maximum atomic E-state index is 2.44. The maximum absolute atomic E-state index is 2.44. The molecule has 0 aromatic heterocycles. The Morgan fingerprint density at radius 2 is 1.20 bits per heavy atom. The topological polar surface area (TPSA) is 0 Å². The van der Waals surface area contributed by atoms with E-state index in [1.165, 1.54) is 70.6 Å². The minimum atomic E-state index is 0.898. The van der Waals surface area contributed by atoms with Crippen molar-refractivity contribution in [3.05, 3.63) is 19.3 Å². The van der Waals surface area contributed by atoms with Gasteiger partial charge < -0.3 is 0 Å². The van der Waals surface area contributed by atoms with Crippen molar-refractivity contribution >= 4 is 0 Å². The molecular formula is C20H37. The Morgan fingerprint density at radius 1 is 0.600 bits per heavy atom. The van der Waals surface area contributed by atoms with Gasteiger partial charge in [-0.1, -0.05) is 85.0 Å². The smallest absolute Gasteiger partial charge is 0.0329 e. The zero-order valence-electron chi connectivity index (χ0n) is 14.2. The summed E-state index contributed by atoms with van der Waals surface area (Å²) in [6, 6.07) is 0. The summed E-state index contributed by atoms with van der Waals surface area (Å²) in [5, 5.41) is 0. The van der Waals surface area contributed by atoms with E-state index in [1.807, 2.05) is 0 Å². The Balaban J connectivity index is 0.000000151. The molecule has 3 aliphatic rings. The Labute approximate surface area is 129 Å². The molecule has 3 rings (SSSR count). The van der Waals surface area contributed by atoms with Gasteiger partial charge in [0.2, 0.25) is 0 Å². The number of hydrogen-bond acceptors (Lipinski definition) is 0. The van der Waals surface area contributed by atoms with E-state index >= 15 is 0 Å². The molecule has 3 saturated carbocycles. The lowest BCUT2D eigenvalue weighted by Crippen LogP contribution is -2.00. The molecule has 3 radical (unpaired) electrons. The first kappa shape index (κ1) is 18.1. The summed E-state index contributed by atoms with van der Waals surface area (Å²) in [5.41, 5.74) is 0. The van der Waals surface area contributed by atoms with Gasteiger partial charge in [-0.15, -0.1) is 0 Å². The van der Waals surface area contributed by atoms with Crippen LogP contribution in [-0.4, -0.2) is 0 Å². The van der Waals surface area contributed by atoms with Crippen molar-refractivity contribution in [1.29, 1.82) is 0 Å². The van der Waals surface area contributed by atoms with Crippen LogP contribution in [-0.2, 0) is 0 Å². The van der Waals surface area contributed by atoms with Crippen molar-refractivity contribution in [3.63, 3.8) is 0 Å². The fourth-order valence-electron chi connectivity index (χ4n) is 3.31. The minimum Gasteiger partial charge on any atom is -0.0622 e. The second kappa shape index (κ2) is 11.6. The summed E-state index contributed by atoms with van der Waals surface area (Å²) >= 11 is 0. The molecule has 0 heterocycles. The highest BCUT2D eigenvalue weighted by Gasteiger charge is 2.16. The van der Waals surface area contributed by atoms with Gasteiger partial charge in [0.05, 0.1) is 0 Å². The fourth-order valence-corrected chi connectivity index (χ4v) is 3.31. The van der Waals surface area contributed by atoms with Crippen LogP contribution >= 0.6 is 0 Å². The predicted molar refractivity (Wildman–Crippen MR) is 91.2 cm³/mol. The Morgan fingerprint density at radius 3 is 1.40 bits per heavy atom. The Kier molecular flexibility index (Phi) is 10.5. The summed E-state index contributed by atoms with van der Waals surface area (Å²) < 4.78 is 0. The molecule has 0 spiro atoms. The summed E-state index contributed by atoms with van der Waals surface area (Å²) in [4.78, 5) is 0. The molecule has 0 aromatic rings. The summed E-state index contributed by atoms with van der Waals surface area (Å²) in [6.07, 6.45) is 22.9. The average Bonchev–Trinajstić information content (AvgIpc) is 2.86. The third-order valence-corrected chi connectivity index (χ3v) is 4.73. The van der Waals surface area contributed by atoms with Crippen LogP contribution in [0.3, 0.4) is 0 Å². The van der Waals surface area contributed by atoms with Crippen LogP contribution in [0.1, 0.15) is 91.4 Å². The molecule has 20 heavy (non-hydrogen) atoms. The largest absolute Gasteiger partial charge is 0.0622 e. The molecule has 117 valence electrons. The molecule has 0 amide bonds. The van der Waals surface area contributed by atoms with Crippen molar-refractivity contribution in [1.82, 2.24) is 0 Å². The van der Waals surface area contributed by atoms with Crippen molar-refractivity contribution in [3.8, 4) is 0 Å². The number of rotatable bonds is 0. The molecular weight excluding hydrogens is 240 g/mol. The van der Waals surface area contributed by atoms with E-state index in [0.717, 1.165) is 17.8 Å². The van der Waals surface area contributed by atoms with Gasteiger partial charge in [0.15, 0.2) is 0 Å². The molecule has 3 unspecified atom stereocenters. The van der Waals surface area contributed by atoms with Crippen LogP contribution in [0.15, 0.2) is 0 Å². The SMILES string of the molecule is CC1[CH]C(C)CC1.CC1[CH]CCCC1.[CH]1CCCCC1. The Hall–Kier alpha value is 0. The standard InChI is InChI=1S/2C7H13.C6H11/c1-6-3-4-7(2)5-6;1-7-5-3-2-4-6-7;1-2-4-6-5-3-1/h5-7H,3-4H2,1-2H3;5,7H,2-4,6H2,1H3;1H,2-6H2. The summed E-state index contributed by atoms with van der Waals surface area (Å²) in [6.45, 7) is 6.90. The van der Waals surface area contributed by atoms with Crippen LogP contribution in [0, 0.1) is 37.0 Å². The van der Waals surface area contributed by atoms with Crippen LogP contribution in [0.2, 0.25) is 0 Å². The van der Waals surface area contributed by atoms with Crippen LogP contribution in [0.5, 0.6) is 0 Å². The van der Waals surface area contributed by atoms with Gasteiger partial charge in [0.1, 0.15) is 0 Å². The van der Waals surface area contributed by atoms with Crippen molar-refractivity contribution in [2.45, 2.75) is 91.4 Å². The first-order valence-electron chi connectivity index (χ1n) is 9.18. The molecule has 0 aliphatic heterocycles. The van der Waals surface area contributed by atoms with Crippen molar-refractivity contribution in [2.75, 3.05) is 0 Å². The van der Waals surface area contributed by atoms with Gasteiger partial charge >= 0.3 is 0 Å². The van der Waals surface area contributed by atoms with Gasteiger partial charge in [-0.2, -0.15) is 0 Å². The fraction of sp³-hybridized carbons (Fsp3) is 0.850. The van der Waals surface area contributed by atoms with Crippen LogP contribution in [0.4, 0.5) is 0 Å². The van der Waals surface area contributed by atoms with Gasteiger partial charge in [0.25, 0.3) is 0 Å². The molecule has 0 saturated heterocycles. The lowest BCUT2D eigenvalue weighted by Gasteiger charge is -2.15. The minimum absolute atomic E-state index is 0.898. The maximum Gasteiger partial charge on any atom is -0.0329 e. The van der Waals surface area contributed by atoms with Gasteiger partial charge in [-0.3, -0.25) is 0 Å². The third kappa shape index (κ3) is 9.83. The molecule has 3 atom stereocenters. The van der Waals surface area contributed by atoms with Gasteiger partial charge in [-0.05, 0) is 43.4 Å². The second-order valence-electron chi connectivity index (χ2n) is 7.15. The molecule has 3 aliphatic carbocycles. The predicted octanol–water partition coefficient (Wildman–Crippen LogP) is 6.81. The Bertz CT molecular complexity index is 175. The molecule has 3 fully saturated rings. The third-order valence-electron chi connectivity index (χ3n) is 4.73. The average molecular weight is 278 g/mol. The van der Waals surface area contributed by atoms with E-state index < -0.39 is 0 Å². The van der Waals surface area contributed by atoms with Gasteiger partial charge in [0, 0.05) is 0 Å². The van der Waals surface area contributed by atoms with E-state index in [-0.39, 0.29) is 0 Å². The zero-order valence-corrected chi connectivity index (χ0v) is 14.2. The lowest BCUT2D eigenvalue weighted by atomic mass is 9.91. The van der Waals surface area contributed by atoms with Gasteiger partial charge in [-0.25, -0.2) is 0 Å². The molecule has 0 bridgehead atoms. The van der Waals surface area contributed by atoms with Crippen LogP contribution in [0.25, 0.3) is 0 Å². The molecule has 0 nitrogen and oxygen atoms in total. The van der Waals surface area contributed by atoms with E-state index in [4.69, 9.17) is 0 Å². The lowest BCUT2D eigenvalue weighted by molar-refractivity contribution is 0.476. The quantitative estimate of drug-likeness (QED) is 0.456. The van der Waals surface area contributed by atoms with E-state index in [0.29, 0.717) is 0 Å². The molecule has 0 aromatic carbocycles. The van der Waals surface area contributed by atoms with Crippen molar-refractivity contribution in [2.24, 2.45) is 17.8 Å². The highest BCUT2D eigenvalue weighted by Crippen LogP contribution is 2.28. The summed E-state index contributed by atoms with van der Waals surface area (Å²) in [5.74, 6) is 2.71.